The van der Waals surface area contributed by atoms with E-state index in [1.807, 2.05) is 6.92 Å². The number of nitrogens with zero attached hydrogens (tertiary/aromatic N) is 1. The zero-order chi connectivity index (χ0) is 10.7. The number of nitro groups is 1. The average molecular weight is 262 g/mol. The van der Waals surface area contributed by atoms with Crippen LogP contribution in [0.3, 0.4) is 0 Å². The molecule has 0 bridgehead atoms. The molecule has 76 valence electrons. The second-order valence-corrected chi connectivity index (χ2v) is 4.58. The summed E-state index contributed by atoms with van der Waals surface area (Å²) in [5, 5.41) is 10.4. The van der Waals surface area contributed by atoms with Crippen molar-refractivity contribution in [2.24, 2.45) is 0 Å². The molecule has 5 heteroatoms. The third-order valence-electron chi connectivity index (χ3n) is 1.74. The SMILES string of the molecule is CC(Br)Cc1cc([N+](=O)[O-])ccc1F. The molecule has 0 fully saturated rings. The van der Waals surface area contributed by atoms with E-state index in [0.717, 1.165) is 12.1 Å². The van der Waals surface area contributed by atoms with Crippen LogP contribution in [-0.2, 0) is 6.42 Å². The third-order valence-corrected chi connectivity index (χ3v) is 2.07. The van der Waals surface area contributed by atoms with Crippen LogP contribution in [-0.4, -0.2) is 9.75 Å². The second kappa shape index (κ2) is 4.50. The number of hydrogen-bond donors (Lipinski definition) is 0. The molecule has 0 aliphatic heterocycles. The van der Waals surface area contributed by atoms with Crippen LogP contribution in [0.25, 0.3) is 0 Å². The lowest BCUT2D eigenvalue weighted by molar-refractivity contribution is -0.385. The fourth-order valence-corrected chi connectivity index (χ4v) is 1.48. The molecule has 1 unspecified atom stereocenters. The molecule has 0 aromatic heterocycles. The Bertz CT molecular complexity index is 355. The van der Waals surface area contributed by atoms with Crippen molar-refractivity contribution < 1.29 is 9.31 Å². The minimum Gasteiger partial charge on any atom is -0.258 e. The van der Waals surface area contributed by atoms with Gasteiger partial charge >= 0.3 is 0 Å². The molecule has 0 aliphatic carbocycles. The summed E-state index contributed by atoms with van der Waals surface area (Å²) in [5.41, 5.74) is 0.290. The molecule has 1 aromatic carbocycles. The molecule has 1 aromatic rings. The summed E-state index contributed by atoms with van der Waals surface area (Å²) in [6.45, 7) is 1.86. The van der Waals surface area contributed by atoms with Crippen molar-refractivity contribution in [3.8, 4) is 0 Å². The third kappa shape index (κ3) is 2.77. The Morgan fingerprint density at radius 2 is 2.29 bits per heavy atom. The van der Waals surface area contributed by atoms with Gasteiger partial charge in [0.15, 0.2) is 0 Å². The molecule has 3 nitrogen and oxygen atoms in total. The van der Waals surface area contributed by atoms with Gasteiger partial charge < -0.3 is 0 Å². The Morgan fingerprint density at radius 3 is 2.79 bits per heavy atom. The predicted octanol–water partition coefficient (Wildman–Crippen LogP) is 3.06. The molecule has 1 rings (SSSR count). The number of nitro benzene ring substituents is 1. The van der Waals surface area contributed by atoms with E-state index in [2.05, 4.69) is 15.9 Å². The van der Waals surface area contributed by atoms with Gasteiger partial charge in [-0.3, -0.25) is 10.1 Å². The molecule has 1 atom stereocenters. The first-order chi connectivity index (χ1) is 6.50. The lowest BCUT2D eigenvalue weighted by atomic mass is 10.1. The van der Waals surface area contributed by atoms with E-state index < -0.39 is 10.7 Å². The van der Waals surface area contributed by atoms with Gasteiger partial charge in [-0.25, -0.2) is 4.39 Å². The van der Waals surface area contributed by atoms with Crippen molar-refractivity contribution in [3.63, 3.8) is 0 Å². The molecule has 0 N–H and O–H groups in total. The molecule has 0 radical (unpaired) electrons. The van der Waals surface area contributed by atoms with Crippen molar-refractivity contribution >= 4 is 21.6 Å². The van der Waals surface area contributed by atoms with E-state index >= 15 is 0 Å². The average Bonchev–Trinajstić information content (AvgIpc) is 2.07. The smallest absolute Gasteiger partial charge is 0.258 e. The number of rotatable bonds is 3. The van der Waals surface area contributed by atoms with Crippen LogP contribution in [0.4, 0.5) is 10.1 Å². The zero-order valence-electron chi connectivity index (χ0n) is 7.54. The largest absolute Gasteiger partial charge is 0.269 e. The number of non-ortho nitro benzene ring substituents is 1. The monoisotopic (exact) mass is 261 g/mol. The zero-order valence-corrected chi connectivity index (χ0v) is 9.12. The Hall–Kier alpha value is -0.970. The van der Waals surface area contributed by atoms with Crippen LogP contribution in [0, 0.1) is 15.9 Å². The highest BCUT2D eigenvalue weighted by Crippen LogP contribution is 2.19. The fourth-order valence-electron chi connectivity index (χ4n) is 1.13. The summed E-state index contributed by atoms with van der Waals surface area (Å²) in [5.74, 6) is -0.401. The first kappa shape index (κ1) is 11.1. The van der Waals surface area contributed by atoms with Crippen molar-refractivity contribution in [1.29, 1.82) is 0 Å². The normalized spacial score (nSPS) is 12.5. The molecule has 0 saturated heterocycles. The van der Waals surface area contributed by atoms with E-state index in [4.69, 9.17) is 0 Å². The molecule has 0 amide bonds. The lowest BCUT2D eigenvalue weighted by Crippen LogP contribution is -2.00. The Balaban J connectivity index is 3.02. The van der Waals surface area contributed by atoms with Crippen molar-refractivity contribution in [2.45, 2.75) is 18.2 Å². The Morgan fingerprint density at radius 1 is 1.64 bits per heavy atom. The first-order valence-corrected chi connectivity index (χ1v) is 4.99. The molecule has 14 heavy (non-hydrogen) atoms. The molecular formula is C9H9BrFNO2. The van der Waals surface area contributed by atoms with Crippen LogP contribution in [0.1, 0.15) is 12.5 Å². The molecule has 0 saturated carbocycles. The van der Waals surface area contributed by atoms with E-state index in [1.54, 1.807) is 0 Å². The summed E-state index contributed by atoms with van der Waals surface area (Å²) >= 11 is 3.27. The number of alkyl halides is 1. The minimum absolute atomic E-state index is 0.0745. The maximum absolute atomic E-state index is 13.1. The molecular weight excluding hydrogens is 253 g/mol. The standard InChI is InChI=1S/C9H9BrFNO2/c1-6(10)4-7-5-8(12(13)14)2-3-9(7)11/h2-3,5-6H,4H2,1H3. The van der Waals surface area contributed by atoms with Gasteiger partial charge in [0, 0.05) is 17.0 Å². The maximum Gasteiger partial charge on any atom is 0.269 e. The van der Waals surface area contributed by atoms with Gasteiger partial charge in [0.1, 0.15) is 5.82 Å². The van der Waals surface area contributed by atoms with Crippen LogP contribution in [0.2, 0.25) is 0 Å². The molecule has 0 spiro atoms. The second-order valence-electron chi connectivity index (χ2n) is 3.02. The van der Waals surface area contributed by atoms with E-state index in [1.165, 1.54) is 6.07 Å². The topological polar surface area (TPSA) is 43.1 Å². The fraction of sp³-hybridized carbons (Fsp3) is 0.333. The highest BCUT2D eigenvalue weighted by Gasteiger charge is 2.11. The van der Waals surface area contributed by atoms with Crippen molar-refractivity contribution in [3.05, 3.63) is 39.7 Å². The van der Waals surface area contributed by atoms with Crippen molar-refractivity contribution in [1.82, 2.24) is 0 Å². The summed E-state index contributed by atoms with van der Waals surface area (Å²) in [7, 11) is 0. The van der Waals surface area contributed by atoms with Gasteiger partial charge in [-0.15, -0.1) is 0 Å². The number of hydrogen-bond acceptors (Lipinski definition) is 2. The Kier molecular flexibility index (Phi) is 3.57. The van der Waals surface area contributed by atoms with Crippen molar-refractivity contribution in [2.75, 3.05) is 0 Å². The van der Waals surface area contributed by atoms with Gasteiger partial charge in [0.2, 0.25) is 0 Å². The quantitative estimate of drug-likeness (QED) is 0.477. The first-order valence-electron chi connectivity index (χ1n) is 4.07. The summed E-state index contributed by atoms with van der Waals surface area (Å²) in [6, 6.07) is 3.56. The van der Waals surface area contributed by atoms with Crippen LogP contribution >= 0.6 is 15.9 Å². The van der Waals surface area contributed by atoms with Crippen LogP contribution < -0.4 is 0 Å². The molecule has 0 aliphatic rings. The Labute approximate surface area is 89.2 Å². The van der Waals surface area contributed by atoms with Gasteiger partial charge in [-0.1, -0.05) is 22.9 Å². The summed E-state index contributed by atoms with van der Waals surface area (Å²) in [4.78, 5) is 9.99. The maximum atomic E-state index is 13.1. The van der Waals surface area contributed by atoms with E-state index in [0.29, 0.717) is 12.0 Å². The summed E-state index contributed by atoms with van der Waals surface area (Å²) < 4.78 is 13.1. The van der Waals surface area contributed by atoms with Crippen LogP contribution in [0.5, 0.6) is 0 Å². The number of benzene rings is 1. The van der Waals surface area contributed by atoms with Gasteiger partial charge in [-0.2, -0.15) is 0 Å². The van der Waals surface area contributed by atoms with Gasteiger partial charge in [-0.05, 0) is 18.1 Å². The van der Waals surface area contributed by atoms with Gasteiger partial charge in [0.25, 0.3) is 5.69 Å². The van der Waals surface area contributed by atoms with Crippen LogP contribution in [0.15, 0.2) is 18.2 Å². The highest BCUT2D eigenvalue weighted by atomic mass is 79.9. The summed E-state index contributed by atoms with van der Waals surface area (Å²) in [6.07, 6.45) is 0.438. The highest BCUT2D eigenvalue weighted by molar-refractivity contribution is 9.09. The van der Waals surface area contributed by atoms with Gasteiger partial charge in [0.05, 0.1) is 4.92 Å². The van der Waals surface area contributed by atoms with E-state index in [-0.39, 0.29) is 10.5 Å². The predicted molar refractivity (Wildman–Crippen MR) is 55.1 cm³/mol. The minimum atomic E-state index is -0.526. The molecule has 0 heterocycles. The number of halogens is 2. The lowest BCUT2D eigenvalue weighted by Gasteiger charge is -2.04. The van der Waals surface area contributed by atoms with E-state index in [9.17, 15) is 14.5 Å².